The molecule has 0 spiro atoms. The van der Waals surface area contributed by atoms with Gasteiger partial charge < -0.3 is 10.6 Å². The summed E-state index contributed by atoms with van der Waals surface area (Å²) < 4.78 is 0. The quantitative estimate of drug-likeness (QED) is 0.804. The van der Waals surface area contributed by atoms with Gasteiger partial charge in [-0.15, -0.1) is 0 Å². The molecule has 2 atom stereocenters. The summed E-state index contributed by atoms with van der Waals surface area (Å²) in [5, 5.41) is 5.92. The van der Waals surface area contributed by atoms with E-state index >= 15 is 0 Å². The smallest absolute Gasteiger partial charge is 0.251 e. The van der Waals surface area contributed by atoms with Gasteiger partial charge >= 0.3 is 0 Å². The number of fused-ring (bicyclic) bond motifs is 1. The number of nitrogens with one attached hydrogen (secondary N) is 2. The zero-order valence-electron chi connectivity index (χ0n) is 16.3. The molecule has 2 unspecified atom stereocenters. The van der Waals surface area contributed by atoms with E-state index in [-0.39, 0.29) is 17.7 Å². The Hall–Kier alpha value is -2.62. The SMILES string of the molecule is CCC(C)C(NC(=O)c1ccc(C)cc1)C(=O)Nc1ccc2c(c1)CCC2. The summed E-state index contributed by atoms with van der Waals surface area (Å²) in [4.78, 5) is 25.5. The molecule has 0 saturated heterocycles. The van der Waals surface area contributed by atoms with Crippen molar-refractivity contribution in [3.05, 3.63) is 64.7 Å². The molecule has 27 heavy (non-hydrogen) atoms. The number of anilines is 1. The Kier molecular flexibility index (Phi) is 5.94. The van der Waals surface area contributed by atoms with Gasteiger partial charge in [0.1, 0.15) is 6.04 Å². The van der Waals surface area contributed by atoms with Gasteiger partial charge in [0.15, 0.2) is 0 Å². The Balaban J connectivity index is 1.72. The van der Waals surface area contributed by atoms with E-state index in [9.17, 15) is 9.59 Å². The van der Waals surface area contributed by atoms with Crippen molar-refractivity contribution >= 4 is 17.5 Å². The molecule has 0 fully saturated rings. The van der Waals surface area contributed by atoms with E-state index in [0.717, 1.165) is 30.5 Å². The van der Waals surface area contributed by atoms with Gasteiger partial charge in [0.25, 0.3) is 5.91 Å². The number of hydrogen-bond donors (Lipinski definition) is 2. The van der Waals surface area contributed by atoms with Gasteiger partial charge in [-0.2, -0.15) is 0 Å². The lowest BCUT2D eigenvalue weighted by Gasteiger charge is -2.24. The van der Waals surface area contributed by atoms with Crippen LogP contribution in [-0.2, 0) is 17.6 Å². The lowest BCUT2D eigenvalue weighted by atomic mass is 9.97. The highest BCUT2D eigenvalue weighted by atomic mass is 16.2. The standard InChI is InChI=1S/C23H28N2O2/c1-4-16(3)21(25-22(26)18-10-8-15(2)9-11-18)23(27)24-20-13-12-17-6-5-7-19(17)14-20/h8-14,16,21H,4-7H2,1-3H3,(H,24,27)(H,25,26). The second-order valence-electron chi connectivity index (χ2n) is 7.53. The predicted molar refractivity (Wildman–Crippen MR) is 109 cm³/mol. The van der Waals surface area contributed by atoms with Crippen molar-refractivity contribution in [1.82, 2.24) is 5.32 Å². The topological polar surface area (TPSA) is 58.2 Å². The van der Waals surface area contributed by atoms with Crippen LogP contribution in [0.25, 0.3) is 0 Å². The molecule has 1 aliphatic rings. The van der Waals surface area contributed by atoms with Gasteiger partial charge in [-0.1, -0.05) is 44.0 Å². The van der Waals surface area contributed by atoms with Crippen LogP contribution in [0.15, 0.2) is 42.5 Å². The zero-order chi connectivity index (χ0) is 19.4. The normalized spacial score (nSPS) is 14.9. The van der Waals surface area contributed by atoms with Crippen molar-refractivity contribution in [3.63, 3.8) is 0 Å². The largest absolute Gasteiger partial charge is 0.340 e. The number of rotatable bonds is 6. The number of amides is 2. The minimum Gasteiger partial charge on any atom is -0.340 e. The van der Waals surface area contributed by atoms with E-state index in [1.165, 1.54) is 17.5 Å². The van der Waals surface area contributed by atoms with Gasteiger partial charge in [-0.25, -0.2) is 0 Å². The highest BCUT2D eigenvalue weighted by Gasteiger charge is 2.26. The Morgan fingerprint density at radius 2 is 1.74 bits per heavy atom. The first kappa shape index (κ1) is 19.2. The molecule has 2 amide bonds. The number of carbonyl (C=O) groups excluding carboxylic acids is 2. The molecule has 0 radical (unpaired) electrons. The fraction of sp³-hybridized carbons (Fsp3) is 0.391. The maximum Gasteiger partial charge on any atom is 0.251 e. The first-order valence-electron chi connectivity index (χ1n) is 9.78. The molecule has 3 rings (SSSR count). The Bertz CT molecular complexity index is 827. The Morgan fingerprint density at radius 1 is 1.04 bits per heavy atom. The average Bonchev–Trinajstić information content (AvgIpc) is 3.13. The van der Waals surface area contributed by atoms with Crippen molar-refractivity contribution in [2.24, 2.45) is 5.92 Å². The van der Waals surface area contributed by atoms with Crippen molar-refractivity contribution in [2.75, 3.05) is 5.32 Å². The molecule has 142 valence electrons. The number of carbonyl (C=O) groups is 2. The average molecular weight is 364 g/mol. The molecule has 2 aromatic carbocycles. The molecule has 4 heteroatoms. The van der Waals surface area contributed by atoms with Crippen molar-refractivity contribution in [2.45, 2.75) is 52.5 Å². The van der Waals surface area contributed by atoms with Crippen LogP contribution in [0, 0.1) is 12.8 Å². The lowest BCUT2D eigenvalue weighted by molar-refractivity contribution is -0.119. The van der Waals surface area contributed by atoms with Gasteiger partial charge in [0.2, 0.25) is 5.91 Å². The predicted octanol–water partition coefficient (Wildman–Crippen LogP) is 4.27. The van der Waals surface area contributed by atoms with Gasteiger partial charge in [-0.05, 0) is 67.5 Å². The number of hydrogen-bond acceptors (Lipinski definition) is 2. The van der Waals surface area contributed by atoms with Crippen LogP contribution >= 0.6 is 0 Å². The van der Waals surface area contributed by atoms with Crippen molar-refractivity contribution in [1.29, 1.82) is 0 Å². The third-order valence-corrected chi connectivity index (χ3v) is 5.46. The Labute approximate surface area is 161 Å². The van der Waals surface area contributed by atoms with Crippen LogP contribution in [0.3, 0.4) is 0 Å². The minimum atomic E-state index is -0.572. The minimum absolute atomic E-state index is 0.0359. The molecular formula is C23H28N2O2. The number of benzene rings is 2. The highest BCUT2D eigenvalue weighted by molar-refractivity contribution is 6.01. The summed E-state index contributed by atoms with van der Waals surface area (Å²) in [5.41, 5.74) is 5.16. The van der Waals surface area contributed by atoms with Crippen molar-refractivity contribution < 1.29 is 9.59 Å². The number of aryl methyl sites for hydroxylation is 3. The molecule has 0 aliphatic heterocycles. The van der Waals surface area contributed by atoms with Crippen LogP contribution in [0.1, 0.15) is 53.7 Å². The maximum absolute atomic E-state index is 12.9. The molecule has 0 aromatic heterocycles. The summed E-state index contributed by atoms with van der Waals surface area (Å²) >= 11 is 0. The second kappa shape index (κ2) is 8.38. The monoisotopic (exact) mass is 364 g/mol. The molecule has 2 N–H and O–H groups in total. The van der Waals surface area contributed by atoms with E-state index in [4.69, 9.17) is 0 Å². The first-order chi connectivity index (χ1) is 13.0. The van der Waals surface area contributed by atoms with E-state index < -0.39 is 6.04 Å². The van der Waals surface area contributed by atoms with Gasteiger partial charge in [0, 0.05) is 11.3 Å². The van der Waals surface area contributed by atoms with Crippen LogP contribution in [0.5, 0.6) is 0 Å². The van der Waals surface area contributed by atoms with Crippen LogP contribution in [0.4, 0.5) is 5.69 Å². The summed E-state index contributed by atoms with van der Waals surface area (Å²) in [7, 11) is 0. The fourth-order valence-electron chi connectivity index (χ4n) is 3.50. The van der Waals surface area contributed by atoms with E-state index in [1.54, 1.807) is 12.1 Å². The zero-order valence-corrected chi connectivity index (χ0v) is 16.3. The molecule has 0 bridgehead atoms. The third-order valence-electron chi connectivity index (χ3n) is 5.46. The van der Waals surface area contributed by atoms with Crippen LogP contribution < -0.4 is 10.6 Å². The first-order valence-corrected chi connectivity index (χ1v) is 9.78. The summed E-state index contributed by atoms with van der Waals surface area (Å²) in [6, 6.07) is 12.9. The molecule has 4 nitrogen and oxygen atoms in total. The Morgan fingerprint density at radius 3 is 2.44 bits per heavy atom. The summed E-state index contributed by atoms with van der Waals surface area (Å²) in [5.74, 6) is -0.346. The van der Waals surface area contributed by atoms with E-state index in [1.807, 2.05) is 39.0 Å². The maximum atomic E-state index is 12.9. The lowest BCUT2D eigenvalue weighted by Crippen LogP contribution is -2.47. The third kappa shape index (κ3) is 4.57. The highest BCUT2D eigenvalue weighted by Crippen LogP contribution is 2.25. The van der Waals surface area contributed by atoms with Crippen molar-refractivity contribution in [3.8, 4) is 0 Å². The van der Waals surface area contributed by atoms with Crippen LogP contribution in [-0.4, -0.2) is 17.9 Å². The second-order valence-corrected chi connectivity index (χ2v) is 7.53. The van der Waals surface area contributed by atoms with Gasteiger partial charge in [-0.3, -0.25) is 9.59 Å². The summed E-state index contributed by atoms with van der Waals surface area (Å²) in [6.45, 7) is 5.99. The molecule has 0 heterocycles. The van der Waals surface area contributed by atoms with E-state index in [0.29, 0.717) is 5.56 Å². The van der Waals surface area contributed by atoms with Gasteiger partial charge in [0.05, 0.1) is 0 Å². The van der Waals surface area contributed by atoms with E-state index in [2.05, 4.69) is 22.8 Å². The molecule has 1 aliphatic carbocycles. The molecule has 0 saturated carbocycles. The fourth-order valence-corrected chi connectivity index (χ4v) is 3.50. The molecular weight excluding hydrogens is 336 g/mol. The summed E-state index contributed by atoms with van der Waals surface area (Å²) in [6.07, 6.45) is 4.16. The van der Waals surface area contributed by atoms with Crippen LogP contribution in [0.2, 0.25) is 0 Å². The molecule has 2 aromatic rings.